The standard InChI is InChI=1S/C20H23NO3.C14H16ClNO3/c1-14-9-8-10-15(2)19(14)21(16(3)20(23)24-4)18(22)13-17-11-6-5-7-12-17;1-9-4-3-5-10(2)13(9)16(12(17)8-15)11-6-7-19-14(11)18/h5-12,16H,13H2,1-4H3;3-5,11H,6-8H2,1-2H3/t16-;/m0./s1. The summed E-state index contributed by atoms with van der Waals surface area (Å²) in [5, 5.41) is 0. The molecule has 0 saturated carbocycles. The highest BCUT2D eigenvalue weighted by Crippen LogP contribution is 2.30. The van der Waals surface area contributed by atoms with Crippen molar-refractivity contribution in [3.05, 3.63) is 94.5 Å². The number of halogens is 1. The van der Waals surface area contributed by atoms with Gasteiger partial charge in [0, 0.05) is 6.42 Å². The zero-order valence-corrected chi connectivity index (χ0v) is 26.3. The first-order chi connectivity index (χ1) is 20.5. The molecule has 1 heterocycles. The predicted octanol–water partition coefficient (Wildman–Crippen LogP) is 5.63. The van der Waals surface area contributed by atoms with Gasteiger partial charge in [-0.3, -0.25) is 19.4 Å². The molecule has 0 spiro atoms. The Morgan fingerprint density at radius 1 is 0.860 bits per heavy atom. The smallest absolute Gasteiger partial charge is 0.329 e. The van der Waals surface area contributed by atoms with Crippen molar-refractivity contribution in [2.45, 2.75) is 59.5 Å². The molecule has 4 rings (SSSR count). The summed E-state index contributed by atoms with van der Waals surface area (Å²) in [6.07, 6.45) is 0.741. The van der Waals surface area contributed by atoms with Crippen LogP contribution in [-0.4, -0.2) is 55.4 Å². The third-order valence-electron chi connectivity index (χ3n) is 7.36. The normalized spacial score (nSPS) is 14.6. The molecule has 1 aliphatic rings. The summed E-state index contributed by atoms with van der Waals surface area (Å²) >= 11 is 5.68. The van der Waals surface area contributed by atoms with E-state index in [1.165, 1.54) is 12.0 Å². The van der Waals surface area contributed by atoms with Gasteiger partial charge in [-0.1, -0.05) is 66.7 Å². The highest BCUT2D eigenvalue weighted by molar-refractivity contribution is 6.30. The Morgan fingerprint density at radius 3 is 1.86 bits per heavy atom. The lowest BCUT2D eigenvalue weighted by Crippen LogP contribution is -2.45. The number of esters is 2. The van der Waals surface area contributed by atoms with Crippen LogP contribution >= 0.6 is 11.6 Å². The van der Waals surface area contributed by atoms with E-state index in [0.29, 0.717) is 13.0 Å². The maximum absolute atomic E-state index is 13.0. The lowest BCUT2D eigenvalue weighted by Gasteiger charge is -2.30. The van der Waals surface area contributed by atoms with Crippen LogP contribution in [0.25, 0.3) is 0 Å². The molecular weight excluding hydrogens is 568 g/mol. The van der Waals surface area contributed by atoms with Gasteiger partial charge in [-0.25, -0.2) is 9.59 Å². The van der Waals surface area contributed by atoms with E-state index in [-0.39, 0.29) is 30.1 Å². The average molecular weight is 607 g/mol. The fourth-order valence-electron chi connectivity index (χ4n) is 5.28. The van der Waals surface area contributed by atoms with E-state index in [1.807, 2.05) is 94.4 Å². The van der Waals surface area contributed by atoms with Crippen molar-refractivity contribution in [3.8, 4) is 0 Å². The van der Waals surface area contributed by atoms with Crippen LogP contribution in [-0.2, 0) is 35.1 Å². The number of hydrogen-bond donors (Lipinski definition) is 0. The minimum atomic E-state index is -0.689. The Hall–Kier alpha value is -4.17. The lowest BCUT2D eigenvalue weighted by molar-refractivity contribution is -0.143. The first-order valence-electron chi connectivity index (χ1n) is 14.1. The molecule has 0 bridgehead atoms. The zero-order chi connectivity index (χ0) is 31.7. The number of nitrogens with zero attached hydrogens (tertiary/aromatic N) is 2. The van der Waals surface area contributed by atoms with Crippen molar-refractivity contribution in [1.82, 2.24) is 0 Å². The van der Waals surface area contributed by atoms with Crippen molar-refractivity contribution in [1.29, 1.82) is 0 Å². The number of hydrogen-bond acceptors (Lipinski definition) is 6. The van der Waals surface area contributed by atoms with Gasteiger partial charge in [-0.15, -0.1) is 11.6 Å². The zero-order valence-electron chi connectivity index (χ0n) is 25.6. The molecule has 43 heavy (non-hydrogen) atoms. The second-order valence-corrected chi connectivity index (χ2v) is 10.7. The van der Waals surface area contributed by atoms with Crippen molar-refractivity contribution in [3.63, 3.8) is 0 Å². The van der Waals surface area contributed by atoms with Crippen molar-refractivity contribution < 1.29 is 28.7 Å². The molecule has 2 amide bonds. The topological polar surface area (TPSA) is 93.2 Å². The molecule has 228 valence electrons. The summed E-state index contributed by atoms with van der Waals surface area (Å²) in [5.41, 5.74) is 6.24. The molecule has 0 aromatic heterocycles. The van der Waals surface area contributed by atoms with Gasteiger partial charge in [-0.05, 0) is 62.4 Å². The molecular formula is C34H39ClN2O6. The molecule has 1 aliphatic heterocycles. The van der Waals surface area contributed by atoms with Crippen LogP contribution < -0.4 is 9.80 Å². The van der Waals surface area contributed by atoms with Crippen LogP contribution in [0, 0.1) is 27.7 Å². The Balaban J connectivity index is 0.000000242. The number of aryl methyl sites for hydroxylation is 4. The van der Waals surface area contributed by atoms with Crippen LogP contribution in [0.1, 0.15) is 41.2 Å². The highest BCUT2D eigenvalue weighted by Gasteiger charge is 2.37. The second kappa shape index (κ2) is 15.3. The van der Waals surface area contributed by atoms with E-state index in [9.17, 15) is 19.2 Å². The largest absolute Gasteiger partial charge is 0.467 e. The number of amides is 2. The van der Waals surface area contributed by atoms with Crippen molar-refractivity contribution >= 4 is 46.7 Å². The van der Waals surface area contributed by atoms with Crippen molar-refractivity contribution in [2.75, 3.05) is 29.4 Å². The fraction of sp³-hybridized carbons (Fsp3) is 0.353. The summed E-state index contributed by atoms with van der Waals surface area (Å²) in [6, 6.07) is 19.8. The number of alkyl halides is 1. The Kier molecular flexibility index (Phi) is 11.9. The third-order valence-corrected chi connectivity index (χ3v) is 7.59. The monoisotopic (exact) mass is 606 g/mol. The number of methoxy groups -OCH3 is 1. The van der Waals surface area contributed by atoms with Gasteiger partial charge in [0.25, 0.3) is 0 Å². The molecule has 0 N–H and O–H groups in total. The first-order valence-corrected chi connectivity index (χ1v) is 14.7. The summed E-state index contributed by atoms with van der Waals surface area (Å²) in [7, 11) is 1.34. The number of anilines is 2. The van der Waals surface area contributed by atoms with Gasteiger partial charge in [0.05, 0.1) is 31.5 Å². The molecule has 9 heteroatoms. The quantitative estimate of drug-likeness (QED) is 0.244. The Bertz CT molecular complexity index is 1420. The third kappa shape index (κ3) is 8.02. The van der Waals surface area contributed by atoms with Gasteiger partial charge in [0.15, 0.2) is 0 Å². The summed E-state index contributed by atoms with van der Waals surface area (Å²) in [5.74, 6) is -1.35. The van der Waals surface area contributed by atoms with E-state index < -0.39 is 18.1 Å². The molecule has 3 aromatic carbocycles. The summed E-state index contributed by atoms with van der Waals surface area (Å²) in [4.78, 5) is 52.0. The maximum atomic E-state index is 13.0. The molecule has 1 fully saturated rings. The van der Waals surface area contributed by atoms with E-state index in [1.54, 1.807) is 11.8 Å². The van der Waals surface area contributed by atoms with E-state index >= 15 is 0 Å². The van der Waals surface area contributed by atoms with Gasteiger partial charge in [-0.2, -0.15) is 0 Å². The van der Waals surface area contributed by atoms with Crippen LogP contribution in [0.5, 0.6) is 0 Å². The summed E-state index contributed by atoms with van der Waals surface area (Å²) in [6.45, 7) is 9.75. The lowest BCUT2D eigenvalue weighted by atomic mass is 10.0. The number of para-hydroxylation sites is 2. The van der Waals surface area contributed by atoms with E-state index in [4.69, 9.17) is 21.1 Å². The number of benzene rings is 3. The minimum Gasteiger partial charge on any atom is -0.467 e. The Morgan fingerprint density at radius 2 is 1.40 bits per heavy atom. The van der Waals surface area contributed by atoms with E-state index in [0.717, 1.165) is 39.2 Å². The second-order valence-electron chi connectivity index (χ2n) is 10.5. The number of carbonyl (C=O) groups is 4. The van der Waals surface area contributed by atoms with Crippen LogP contribution in [0.15, 0.2) is 66.7 Å². The highest BCUT2D eigenvalue weighted by atomic mass is 35.5. The number of ether oxygens (including phenoxy) is 2. The van der Waals surface area contributed by atoms with E-state index in [2.05, 4.69) is 0 Å². The average Bonchev–Trinajstić information content (AvgIpc) is 3.41. The SMILES string of the molecule is COC(=O)[C@H](C)N(C(=O)Cc1ccccc1)c1c(C)cccc1C.Cc1cccc(C)c1N(C(=O)CCl)C1CCOC1=O. The maximum Gasteiger partial charge on any atom is 0.329 e. The molecule has 2 atom stereocenters. The predicted molar refractivity (Wildman–Crippen MR) is 169 cm³/mol. The van der Waals surface area contributed by atoms with Gasteiger partial charge < -0.3 is 9.47 Å². The molecule has 1 saturated heterocycles. The number of carbonyl (C=O) groups excluding carboxylic acids is 4. The first kappa shape index (κ1) is 33.3. The van der Waals surface area contributed by atoms with Crippen LogP contribution in [0.2, 0.25) is 0 Å². The van der Waals surface area contributed by atoms with Crippen LogP contribution in [0.3, 0.4) is 0 Å². The molecule has 8 nitrogen and oxygen atoms in total. The number of rotatable bonds is 8. The molecule has 0 aliphatic carbocycles. The van der Waals surface area contributed by atoms with Gasteiger partial charge >= 0.3 is 11.9 Å². The minimum absolute atomic E-state index is 0.128. The summed E-state index contributed by atoms with van der Waals surface area (Å²) < 4.78 is 9.83. The van der Waals surface area contributed by atoms with Crippen LogP contribution in [0.4, 0.5) is 11.4 Å². The van der Waals surface area contributed by atoms with Crippen molar-refractivity contribution in [2.24, 2.45) is 0 Å². The van der Waals surface area contributed by atoms with Gasteiger partial charge in [0.1, 0.15) is 18.0 Å². The Labute approximate surface area is 258 Å². The van der Waals surface area contributed by atoms with Gasteiger partial charge in [0.2, 0.25) is 11.8 Å². The molecule has 1 unspecified atom stereocenters. The fourth-order valence-corrected chi connectivity index (χ4v) is 5.40. The molecule has 3 aromatic rings. The molecule has 0 radical (unpaired) electrons. The number of cyclic esters (lactones) is 1.